The zero-order valence-electron chi connectivity index (χ0n) is 5.57. The molecular formula is C7H5NO2Se. The summed E-state index contributed by atoms with van der Waals surface area (Å²) in [5, 5.41) is 8.59. The van der Waals surface area contributed by atoms with E-state index in [4.69, 9.17) is 5.11 Å². The Morgan fingerprint density at radius 3 is 3.18 bits per heavy atom. The number of aliphatic imine (C=N–C) groups is 1. The minimum absolute atomic E-state index is 0.293. The average molecular weight is 214 g/mol. The van der Waals surface area contributed by atoms with E-state index < -0.39 is 5.97 Å². The summed E-state index contributed by atoms with van der Waals surface area (Å²) < 4.78 is 1.20. The maximum atomic E-state index is 10.5. The van der Waals surface area contributed by atoms with Gasteiger partial charge in [0, 0.05) is 0 Å². The number of rotatable bonds is 1. The number of carboxylic acids is 1. The summed E-state index contributed by atoms with van der Waals surface area (Å²) in [4.78, 5) is 16.5. The molecule has 56 valence electrons. The first-order chi connectivity index (χ1) is 5.27. The topological polar surface area (TPSA) is 49.7 Å². The Labute approximate surface area is 69.1 Å². The van der Waals surface area contributed by atoms with Crippen LogP contribution >= 0.6 is 0 Å². The Balaban J connectivity index is 2.38. The van der Waals surface area contributed by atoms with E-state index in [2.05, 4.69) is 9.93 Å². The summed E-state index contributed by atoms with van der Waals surface area (Å²) in [6, 6.07) is 1.91. The van der Waals surface area contributed by atoms with Crippen LogP contribution in [0.3, 0.4) is 0 Å². The normalized spacial score (nSPS) is 14.4. The number of carboxylic acid groups (broad SMARTS) is 1. The van der Waals surface area contributed by atoms with Crippen LogP contribution in [-0.4, -0.2) is 31.3 Å². The van der Waals surface area contributed by atoms with Crippen LogP contribution in [0.2, 0.25) is 0 Å². The molecule has 0 aliphatic carbocycles. The summed E-state index contributed by atoms with van der Waals surface area (Å²) in [5.74, 6) is -0.886. The van der Waals surface area contributed by atoms with E-state index in [0.717, 1.165) is 5.69 Å². The van der Waals surface area contributed by atoms with Crippen molar-refractivity contribution in [2.24, 2.45) is 4.99 Å². The third kappa shape index (κ3) is 1.04. The van der Waals surface area contributed by atoms with Crippen LogP contribution in [0.4, 0.5) is 5.69 Å². The van der Waals surface area contributed by atoms with Crippen LogP contribution in [-0.2, 0) is 11.2 Å². The van der Waals surface area contributed by atoms with Crippen LogP contribution < -0.4 is 0 Å². The van der Waals surface area contributed by atoms with Gasteiger partial charge in [-0.2, -0.15) is 0 Å². The van der Waals surface area contributed by atoms with Gasteiger partial charge in [-0.1, -0.05) is 0 Å². The van der Waals surface area contributed by atoms with Crippen molar-refractivity contribution in [3.8, 4) is 0 Å². The number of hydrogen-bond donors (Lipinski definition) is 1. The van der Waals surface area contributed by atoms with Crippen LogP contribution in [0.5, 0.6) is 0 Å². The molecule has 4 heteroatoms. The molecule has 1 aromatic heterocycles. The number of hydrogen-bond acceptors (Lipinski definition) is 2. The van der Waals surface area contributed by atoms with Crippen molar-refractivity contribution < 1.29 is 9.90 Å². The molecule has 1 aliphatic heterocycles. The monoisotopic (exact) mass is 215 g/mol. The quantitative estimate of drug-likeness (QED) is 0.690. The van der Waals surface area contributed by atoms with Crippen molar-refractivity contribution >= 4 is 31.9 Å². The van der Waals surface area contributed by atoms with Crippen LogP contribution in [0, 0.1) is 0 Å². The van der Waals surface area contributed by atoms with E-state index >= 15 is 0 Å². The molecule has 0 spiro atoms. The molecule has 0 radical (unpaired) electrons. The van der Waals surface area contributed by atoms with E-state index in [9.17, 15) is 4.79 Å². The predicted molar refractivity (Wildman–Crippen MR) is 41.8 cm³/mol. The predicted octanol–water partition coefficient (Wildman–Crippen LogP) is 0.457. The molecule has 0 saturated carbocycles. The van der Waals surface area contributed by atoms with Crippen molar-refractivity contribution in [3.63, 3.8) is 0 Å². The van der Waals surface area contributed by atoms with Gasteiger partial charge in [0.15, 0.2) is 0 Å². The SMILES string of the molecule is O=C(O)C1=Nc2cc[se]c2C1. The minimum atomic E-state index is -0.886. The summed E-state index contributed by atoms with van der Waals surface area (Å²) >= 11 is 0.357. The Bertz CT molecular complexity index is 340. The fourth-order valence-corrected chi connectivity index (χ4v) is 2.74. The van der Waals surface area contributed by atoms with E-state index in [0.29, 0.717) is 26.6 Å². The van der Waals surface area contributed by atoms with Gasteiger partial charge in [0.05, 0.1) is 0 Å². The van der Waals surface area contributed by atoms with Crippen LogP contribution in [0.15, 0.2) is 16.0 Å². The molecule has 0 aromatic carbocycles. The third-order valence-electron chi connectivity index (χ3n) is 1.55. The van der Waals surface area contributed by atoms with Crippen molar-refractivity contribution in [2.75, 3.05) is 0 Å². The molecule has 2 rings (SSSR count). The molecule has 0 bridgehead atoms. The summed E-state index contributed by atoms with van der Waals surface area (Å²) in [5.41, 5.74) is 1.18. The van der Waals surface area contributed by atoms with Gasteiger partial charge in [0.1, 0.15) is 0 Å². The third-order valence-corrected chi connectivity index (χ3v) is 3.46. The average Bonchev–Trinajstić information content (AvgIpc) is 2.40. The van der Waals surface area contributed by atoms with E-state index in [1.54, 1.807) is 0 Å². The molecule has 11 heavy (non-hydrogen) atoms. The van der Waals surface area contributed by atoms with Crippen molar-refractivity contribution in [1.29, 1.82) is 0 Å². The molecule has 1 aromatic rings. The van der Waals surface area contributed by atoms with E-state index in [1.165, 1.54) is 4.44 Å². The number of nitrogens with zero attached hydrogens (tertiary/aromatic N) is 1. The molecule has 0 fully saturated rings. The molecule has 1 N–H and O–H groups in total. The van der Waals surface area contributed by atoms with Gasteiger partial charge in [-0.15, -0.1) is 0 Å². The molecule has 1 aliphatic rings. The van der Waals surface area contributed by atoms with Gasteiger partial charge >= 0.3 is 68.6 Å². The number of fused-ring (bicyclic) bond motifs is 1. The zero-order valence-corrected chi connectivity index (χ0v) is 7.29. The van der Waals surface area contributed by atoms with E-state index in [-0.39, 0.29) is 0 Å². The van der Waals surface area contributed by atoms with E-state index in [1.807, 2.05) is 6.07 Å². The van der Waals surface area contributed by atoms with Gasteiger partial charge in [-0.05, 0) is 0 Å². The molecule has 0 atom stereocenters. The molecule has 0 unspecified atom stereocenters. The first kappa shape index (κ1) is 6.83. The molecule has 2 heterocycles. The summed E-state index contributed by atoms with van der Waals surface area (Å²) in [7, 11) is 0. The van der Waals surface area contributed by atoms with Crippen LogP contribution in [0.1, 0.15) is 4.44 Å². The van der Waals surface area contributed by atoms with Gasteiger partial charge in [0.25, 0.3) is 0 Å². The van der Waals surface area contributed by atoms with Gasteiger partial charge < -0.3 is 0 Å². The van der Waals surface area contributed by atoms with Crippen molar-refractivity contribution in [2.45, 2.75) is 6.42 Å². The fourth-order valence-electron chi connectivity index (χ4n) is 1.03. The van der Waals surface area contributed by atoms with Crippen molar-refractivity contribution in [1.82, 2.24) is 0 Å². The Morgan fingerprint density at radius 1 is 1.73 bits per heavy atom. The fraction of sp³-hybridized carbons (Fsp3) is 0.143. The Hall–Kier alpha value is -0.861. The maximum absolute atomic E-state index is 10.5. The summed E-state index contributed by atoms with van der Waals surface area (Å²) in [6.45, 7) is 0. The molecular weight excluding hydrogens is 209 g/mol. The second-order valence-electron chi connectivity index (χ2n) is 2.27. The molecule has 0 amide bonds. The summed E-state index contributed by atoms with van der Waals surface area (Å²) in [6.07, 6.45) is 0.553. The number of aliphatic carboxylic acids is 1. The standard InChI is InChI=1S/C7H5NO2Se/c9-7(10)5-3-6-4(8-5)1-2-11-6/h1-2H,3H2,(H,9,10). The Morgan fingerprint density at radius 2 is 2.55 bits per heavy atom. The number of carbonyl (C=O) groups is 1. The van der Waals surface area contributed by atoms with Gasteiger partial charge in [-0.25, -0.2) is 0 Å². The molecule has 3 nitrogen and oxygen atoms in total. The van der Waals surface area contributed by atoms with Crippen LogP contribution in [0.25, 0.3) is 0 Å². The van der Waals surface area contributed by atoms with Gasteiger partial charge in [0.2, 0.25) is 0 Å². The Kier molecular flexibility index (Phi) is 1.44. The van der Waals surface area contributed by atoms with Crippen molar-refractivity contribution in [3.05, 3.63) is 15.4 Å². The zero-order chi connectivity index (χ0) is 7.84. The first-order valence-corrected chi connectivity index (χ1v) is 4.99. The second kappa shape index (κ2) is 2.32. The second-order valence-corrected chi connectivity index (χ2v) is 4.37. The molecule has 0 saturated heterocycles. The van der Waals surface area contributed by atoms with Gasteiger partial charge in [-0.3, -0.25) is 0 Å². The first-order valence-electron chi connectivity index (χ1n) is 3.14.